The molecule has 2 aromatic rings. The van der Waals surface area contributed by atoms with E-state index in [1.165, 1.54) is 18.1 Å². The van der Waals surface area contributed by atoms with Gasteiger partial charge in [0.2, 0.25) is 21.8 Å². The molecule has 1 N–H and O–H groups in total. The molecule has 0 aliphatic rings. The van der Waals surface area contributed by atoms with Gasteiger partial charge in [0.05, 0.1) is 18.3 Å². The number of nitrogens with one attached hydrogen (secondary N) is 1. The van der Waals surface area contributed by atoms with Crippen LogP contribution in [0.3, 0.4) is 0 Å². The molecule has 0 bridgehead atoms. The highest BCUT2D eigenvalue weighted by molar-refractivity contribution is 7.92. The van der Waals surface area contributed by atoms with E-state index in [4.69, 9.17) is 27.9 Å². The zero-order chi connectivity index (χ0) is 29.5. The Morgan fingerprint density at radius 2 is 1.74 bits per heavy atom. The van der Waals surface area contributed by atoms with E-state index >= 15 is 0 Å². The minimum Gasteiger partial charge on any atom is -0.495 e. The Bertz CT molecular complexity index is 1300. The Balaban J connectivity index is 2.62. The van der Waals surface area contributed by atoms with Crippen molar-refractivity contribution in [2.75, 3.05) is 24.2 Å². The molecule has 2 aromatic carbocycles. The van der Waals surface area contributed by atoms with Gasteiger partial charge < -0.3 is 15.0 Å². The van der Waals surface area contributed by atoms with Crippen LogP contribution in [-0.2, 0) is 26.2 Å². The lowest BCUT2D eigenvalue weighted by molar-refractivity contribution is -0.384. The molecule has 2 amide bonds. The molecule has 0 heterocycles. The van der Waals surface area contributed by atoms with Crippen LogP contribution >= 0.6 is 23.2 Å². The van der Waals surface area contributed by atoms with Crippen LogP contribution in [-0.4, -0.2) is 62.0 Å². The maximum Gasteiger partial charge on any atom is 0.271 e. The number of carbonyl (C=O) groups is 2. The van der Waals surface area contributed by atoms with Crippen molar-refractivity contribution >= 4 is 56.4 Å². The van der Waals surface area contributed by atoms with E-state index in [1.54, 1.807) is 25.1 Å². The second-order valence-electron chi connectivity index (χ2n) is 8.85. The number of nitro groups is 1. The standard InChI is InChI=1S/C25H32Cl2N4O7S/c1-6-16(3)28-25(33)21(7-2)29(14-18-19(26)9-8-10-20(18)27)24(32)15-30(39(5,36)37)22-13-17(31(34)35)11-12-23(22)38-4/h8-13,16,21H,6-7,14-15H2,1-5H3,(H,28,33)/t16-,21+/m0/s1. The fourth-order valence-corrected chi connectivity index (χ4v) is 5.16. The van der Waals surface area contributed by atoms with Gasteiger partial charge in [-0.15, -0.1) is 0 Å². The van der Waals surface area contributed by atoms with Gasteiger partial charge in [-0.25, -0.2) is 8.42 Å². The Morgan fingerprint density at radius 1 is 1.13 bits per heavy atom. The lowest BCUT2D eigenvalue weighted by atomic mass is 10.1. The number of rotatable bonds is 13. The predicted molar refractivity (Wildman–Crippen MR) is 151 cm³/mol. The highest BCUT2D eigenvalue weighted by atomic mass is 35.5. The van der Waals surface area contributed by atoms with E-state index < -0.39 is 45.0 Å². The molecule has 0 saturated heterocycles. The number of non-ortho nitro benzene ring substituents is 1. The van der Waals surface area contributed by atoms with Gasteiger partial charge in [0.1, 0.15) is 24.0 Å². The molecule has 11 nitrogen and oxygen atoms in total. The maximum atomic E-state index is 13.9. The van der Waals surface area contributed by atoms with Gasteiger partial charge in [0, 0.05) is 40.3 Å². The van der Waals surface area contributed by atoms with Gasteiger partial charge in [0.15, 0.2) is 0 Å². The summed E-state index contributed by atoms with van der Waals surface area (Å²) in [4.78, 5) is 39.0. The first-order valence-electron chi connectivity index (χ1n) is 12.1. The number of benzene rings is 2. The third-order valence-corrected chi connectivity index (χ3v) is 7.93. The number of hydrogen-bond donors (Lipinski definition) is 1. The first-order chi connectivity index (χ1) is 18.2. The summed E-state index contributed by atoms with van der Waals surface area (Å²) in [5.41, 5.74) is -0.218. The van der Waals surface area contributed by atoms with Crippen molar-refractivity contribution in [1.29, 1.82) is 0 Å². The number of ether oxygens (including phenoxy) is 1. The number of carbonyl (C=O) groups excluding carboxylic acids is 2. The van der Waals surface area contributed by atoms with Gasteiger partial charge in [-0.05, 0) is 38.0 Å². The Kier molecular flexibility index (Phi) is 11.4. The lowest BCUT2D eigenvalue weighted by Crippen LogP contribution is -2.53. The van der Waals surface area contributed by atoms with Crippen LogP contribution in [0.5, 0.6) is 5.75 Å². The quantitative estimate of drug-likeness (QED) is 0.265. The Hall–Kier alpha value is -3.09. The molecule has 0 aliphatic heterocycles. The molecule has 2 atom stereocenters. The highest BCUT2D eigenvalue weighted by Crippen LogP contribution is 2.34. The first-order valence-corrected chi connectivity index (χ1v) is 14.7. The fraction of sp³-hybridized carbons (Fsp3) is 0.440. The summed E-state index contributed by atoms with van der Waals surface area (Å²) >= 11 is 12.7. The number of nitro benzene ring substituents is 1. The molecule has 0 fully saturated rings. The summed E-state index contributed by atoms with van der Waals surface area (Å²) in [5, 5.41) is 14.8. The monoisotopic (exact) mass is 602 g/mol. The average Bonchev–Trinajstić information content (AvgIpc) is 2.87. The minimum atomic E-state index is -4.16. The van der Waals surface area contributed by atoms with Crippen LogP contribution in [0.25, 0.3) is 0 Å². The fourth-order valence-electron chi connectivity index (χ4n) is 3.80. The SMILES string of the molecule is CC[C@H](C(=O)N[C@@H](C)CC)N(Cc1c(Cl)cccc1Cl)C(=O)CN(c1cc([N+](=O)[O-])ccc1OC)S(C)(=O)=O. The number of sulfonamides is 1. The Morgan fingerprint density at radius 3 is 2.23 bits per heavy atom. The topological polar surface area (TPSA) is 139 Å². The summed E-state index contributed by atoms with van der Waals surface area (Å²) in [5.74, 6) is -1.18. The van der Waals surface area contributed by atoms with Crippen molar-refractivity contribution in [2.45, 2.75) is 52.2 Å². The van der Waals surface area contributed by atoms with Gasteiger partial charge in [-0.2, -0.15) is 0 Å². The van der Waals surface area contributed by atoms with Crippen LogP contribution in [0.1, 0.15) is 39.2 Å². The molecule has 0 aliphatic carbocycles. The number of halogens is 2. The Labute approximate surface area is 238 Å². The van der Waals surface area contributed by atoms with Crippen LogP contribution in [0.2, 0.25) is 10.0 Å². The molecule has 0 saturated carbocycles. The van der Waals surface area contributed by atoms with Crippen molar-refractivity contribution in [3.05, 3.63) is 62.1 Å². The van der Waals surface area contributed by atoms with Crippen molar-refractivity contribution < 1.29 is 27.7 Å². The zero-order valence-electron chi connectivity index (χ0n) is 22.3. The van der Waals surface area contributed by atoms with Crippen LogP contribution in [0.15, 0.2) is 36.4 Å². The summed E-state index contributed by atoms with van der Waals surface area (Å²) in [6.45, 7) is 4.47. The second-order valence-corrected chi connectivity index (χ2v) is 11.6. The zero-order valence-corrected chi connectivity index (χ0v) is 24.6. The molecule has 14 heteroatoms. The maximum absolute atomic E-state index is 13.9. The third-order valence-electron chi connectivity index (χ3n) is 6.10. The van der Waals surface area contributed by atoms with Gasteiger partial charge in [-0.1, -0.05) is 43.1 Å². The van der Waals surface area contributed by atoms with E-state index in [2.05, 4.69) is 5.32 Å². The molecule has 0 unspecified atom stereocenters. The van der Waals surface area contributed by atoms with E-state index in [1.807, 2.05) is 13.8 Å². The average molecular weight is 604 g/mol. The van der Waals surface area contributed by atoms with Crippen LogP contribution < -0.4 is 14.4 Å². The summed E-state index contributed by atoms with van der Waals surface area (Å²) < 4.78 is 31.7. The summed E-state index contributed by atoms with van der Waals surface area (Å²) in [6, 6.07) is 7.04. The normalized spacial score (nSPS) is 12.8. The minimum absolute atomic E-state index is 0.000999. The largest absolute Gasteiger partial charge is 0.495 e. The second kappa shape index (κ2) is 13.8. The molecule has 214 valence electrons. The smallest absolute Gasteiger partial charge is 0.271 e. The number of methoxy groups -OCH3 is 1. The number of amides is 2. The molecule has 0 spiro atoms. The molecule has 0 aromatic heterocycles. The van der Waals surface area contributed by atoms with E-state index in [-0.39, 0.29) is 40.5 Å². The third kappa shape index (κ3) is 8.20. The molecule has 2 rings (SSSR count). The molecular formula is C25H32Cl2N4O7S. The molecule has 0 radical (unpaired) electrons. The van der Waals surface area contributed by atoms with Crippen LogP contribution in [0, 0.1) is 10.1 Å². The van der Waals surface area contributed by atoms with Gasteiger partial charge >= 0.3 is 0 Å². The van der Waals surface area contributed by atoms with Crippen molar-refractivity contribution in [2.24, 2.45) is 0 Å². The van der Waals surface area contributed by atoms with Crippen molar-refractivity contribution in [3.63, 3.8) is 0 Å². The number of hydrogen-bond acceptors (Lipinski definition) is 7. The summed E-state index contributed by atoms with van der Waals surface area (Å²) in [6.07, 6.45) is 1.72. The lowest BCUT2D eigenvalue weighted by Gasteiger charge is -2.34. The van der Waals surface area contributed by atoms with Gasteiger partial charge in [-0.3, -0.25) is 24.0 Å². The van der Waals surface area contributed by atoms with Crippen molar-refractivity contribution in [1.82, 2.24) is 10.2 Å². The van der Waals surface area contributed by atoms with Crippen LogP contribution in [0.4, 0.5) is 11.4 Å². The van der Waals surface area contributed by atoms with E-state index in [9.17, 15) is 28.1 Å². The number of nitrogens with zero attached hydrogens (tertiary/aromatic N) is 3. The van der Waals surface area contributed by atoms with E-state index in [0.29, 0.717) is 16.3 Å². The predicted octanol–water partition coefficient (Wildman–Crippen LogP) is 4.40. The van der Waals surface area contributed by atoms with E-state index in [0.717, 1.165) is 18.4 Å². The van der Waals surface area contributed by atoms with Crippen molar-refractivity contribution in [3.8, 4) is 5.75 Å². The first kappa shape index (κ1) is 32.1. The van der Waals surface area contributed by atoms with Gasteiger partial charge in [0.25, 0.3) is 5.69 Å². The highest BCUT2D eigenvalue weighted by Gasteiger charge is 2.34. The summed E-state index contributed by atoms with van der Waals surface area (Å²) in [7, 11) is -2.89. The molecule has 39 heavy (non-hydrogen) atoms. The molecular weight excluding hydrogens is 571 g/mol. The number of anilines is 1.